The lowest BCUT2D eigenvalue weighted by Gasteiger charge is -2.23. The van der Waals surface area contributed by atoms with E-state index in [9.17, 15) is 9.59 Å². The molecule has 1 amide bonds. The Kier molecular flexibility index (Phi) is 4.40. The van der Waals surface area contributed by atoms with E-state index in [2.05, 4.69) is 0 Å². The molecule has 0 saturated heterocycles. The number of likely N-dealkylation sites (N-methyl/N-ethyl adjacent to an activating group) is 1. The molecule has 1 aromatic heterocycles. The minimum absolute atomic E-state index is 0.0741. The van der Waals surface area contributed by atoms with Gasteiger partial charge in [0.25, 0.3) is 5.91 Å². The van der Waals surface area contributed by atoms with Gasteiger partial charge < -0.3 is 14.6 Å². The molecule has 5 nitrogen and oxygen atoms in total. The van der Waals surface area contributed by atoms with Crippen molar-refractivity contribution in [3.63, 3.8) is 0 Å². The number of rotatable bonds is 4. The van der Waals surface area contributed by atoms with Crippen molar-refractivity contribution < 1.29 is 14.7 Å². The van der Waals surface area contributed by atoms with Gasteiger partial charge in [0.15, 0.2) is 0 Å². The molecule has 1 rings (SSSR count). The van der Waals surface area contributed by atoms with E-state index < -0.39 is 12.0 Å². The first-order chi connectivity index (χ1) is 8.25. The predicted octanol–water partition coefficient (Wildman–Crippen LogP) is 2.27. The molecule has 18 heavy (non-hydrogen) atoms. The summed E-state index contributed by atoms with van der Waals surface area (Å²) in [7, 11) is 1.46. The average molecular weight is 273 g/mol. The van der Waals surface area contributed by atoms with Crippen molar-refractivity contribution in [3.05, 3.63) is 23.0 Å². The number of amides is 1. The van der Waals surface area contributed by atoms with Gasteiger partial charge in [-0.3, -0.25) is 4.79 Å². The van der Waals surface area contributed by atoms with Crippen LogP contribution in [0.1, 0.15) is 37.3 Å². The van der Waals surface area contributed by atoms with Gasteiger partial charge >= 0.3 is 5.97 Å². The first-order valence-electron chi connectivity index (χ1n) is 5.63. The normalized spacial score (nSPS) is 12.6. The lowest BCUT2D eigenvalue weighted by Crippen LogP contribution is -2.41. The molecule has 1 unspecified atom stereocenters. The van der Waals surface area contributed by atoms with Crippen LogP contribution >= 0.6 is 11.6 Å². The van der Waals surface area contributed by atoms with Gasteiger partial charge in [-0.05, 0) is 26.8 Å². The van der Waals surface area contributed by atoms with Crippen molar-refractivity contribution in [1.82, 2.24) is 9.47 Å². The molecular weight excluding hydrogens is 256 g/mol. The minimum Gasteiger partial charge on any atom is -0.480 e. The van der Waals surface area contributed by atoms with Gasteiger partial charge in [-0.2, -0.15) is 0 Å². The number of carbonyl (C=O) groups excluding carboxylic acids is 1. The summed E-state index contributed by atoms with van der Waals surface area (Å²) in [4.78, 5) is 24.3. The molecule has 1 heterocycles. The molecule has 0 spiro atoms. The number of aliphatic carboxylic acids is 1. The van der Waals surface area contributed by atoms with Crippen molar-refractivity contribution >= 4 is 23.5 Å². The van der Waals surface area contributed by atoms with E-state index in [1.807, 2.05) is 13.8 Å². The molecule has 100 valence electrons. The van der Waals surface area contributed by atoms with Gasteiger partial charge in [0.2, 0.25) is 0 Å². The third-order valence-electron chi connectivity index (χ3n) is 2.85. The van der Waals surface area contributed by atoms with E-state index in [0.717, 1.165) is 0 Å². The van der Waals surface area contributed by atoms with Gasteiger partial charge in [-0.15, -0.1) is 0 Å². The molecule has 0 aliphatic heterocycles. The Morgan fingerprint density at radius 2 is 1.94 bits per heavy atom. The van der Waals surface area contributed by atoms with Gasteiger partial charge in [-0.1, -0.05) is 11.6 Å². The quantitative estimate of drug-likeness (QED) is 0.914. The molecule has 0 aromatic carbocycles. The zero-order valence-corrected chi connectivity index (χ0v) is 11.6. The summed E-state index contributed by atoms with van der Waals surface area (Å²) in [5.74, 6) is -1.40. The summed E-state index contributed by atoms with van der Waals surface area (Å²) < 4.78 is 1.73. The van der Waals surface area contributed by atoms with Crippen LogP contribution in [0.4, 0.5) is 0 Å². The monoisotopic (exact) mass is 272 g/mol. The number of hydrogen-bond acceptors (Lipinski definition) is 2. The molecular formula is C12H17ClN2O3. The summed E-state index contributed by atoms with van der Waals surface area (Å²) in [5.41, 5.74) is 0.394. The second-order valence-corrected chi connectivity index (χ2v) is 4.91. The fourth-order valence-electron chi connectivity index (χ4n) is 1.57. The summed E-state index contributed by atoms with van der Waals surface area (Å²) in [5, 5.41) is 9.37. The smallest absolute Gasteiger partial charge is 0.326 e. The summed E-state index contributed by atoms with van der Waals surface area (Å²) in [6.45, 7) is 5.31. The molecule has 0 bridgehead atoms. The number of carboxylic acid groups (broad SMARTS) is 1. The van der Waals surface area contributed by atoms with Crippen molar-refractivity contribution in [2.75, 3.05) is 7.05 Å². The molecule has 0 aliphatic carbocycles. The number of aromatic nitrogens is 1. The van der Waals surface area contributed by atoms with E-state index >= 15 is 0 Å². The largest absolute Gasteiger partial charge is 0.480 e. The van der Waals surface area contributed by atoms with E-state index in [-0.39, 0.29) is 11.9 Å². The zero-order valence-electron chi connectivity index (χ0n) is 10.8. The fourth-order valence-corrected chi connectivity index (χ4v) is 1.77. The number of nitrogens with zero attached hydrogens (tertiary/aromatic N) is 2. The number of carboxylic acids is 1. The maximum Gasteiger partial charge on any atom is 0.326 e. The standard InChI is InChI=1S/C12H17ClN2O3/c1-7(2)15-6-9(13)5-10(15)11(16)14(4)8(3)12(17)18/h5-8H,1-4H3,(H,17,18). The Hall–Kier alpha value is -1.49. The van der Waals surface area contributed by atoms with Gasteiger partial charge in [0.1, 0.15) is 11.7 Å². The summed E-state index contributed by atoms with van der Waals surface area (Å²) in [6.07, 6.45) is 1.67. The van der Waals surface area contributed by atoms with Gasteiger partial charge in [0, 0.05) is 19.3 Å². The van der Waals surface area contributed by atoms with Crippen LogP contribution in [0.5, 0.6) is 0 Å². The van der Waals surface area contributed by atoms with Crippen molar-refractivity contribution in [2.45, 2.75) is 32.9 Å². The number of hydrogen-bond donors (Lipinski definition) is 1. The molecule has 1 N–H and O–H groups in total. The molecule has 0 radical (unpaired) electrons. The summed E-state index contributed by atoms with van der Waals surface area (Å²) >= 11 is 5.89. The van der Waals surface area contributed by atoms with E-state index in [1.165, 1.54) is 18.9 Å². The lowest BCUT2D eigenvalue weighted by atomic mass is 10.2. The predicted molar refractivity (Wildman–Crippen MR) is 69.0 cm³/mol. The first kappa shape index (κ1) is 14.6. The van der Waals surface area contributed by atoms with Gasteiger partial charge in [-0.25, -0.2) is 4.79 Å². The van der Waals surface area contributed by atoms with Crippen LogP contribution in [0.15, 0.2) is 12.3 Å². The minimum atomic E-state index is -1.04. The second kappa shape index (κ2) is 5.44. The van der Waals surface area contributed by atoms with Crippen LogP contribution in [0.25, 0.3) is 0 Å². The highest BCUT2D eigenvalue weighted by Crippen LogP contribution is 2.20. The van der Waals surface area contributed by atoms with Crippen molar-refractivity contribution in [2.24, 2.45) is 0 Å². The zero-order chi connectivity index (χ0) is 14.0. The highest BCUT2D eigenvalue weighted by molar-refractivity contribution is 6.31. The molecule has 0 fully saturated rings. The van der Waals surface area contributed by atoms with Gasteiger partial charge in [0.05, 0.1) is 5.02 Å². The van der Waals surface area contributed by atoms with Crippen LogP contribution in [0.2, 0.25) is 5.02 Å². The Morgan fingerprint density at radius 1 is 1.39 bits per heavy atom. The van der Waals surface area contributed by atoms with Crippen LogP contribution in [-0.2, 0) is 4.79 Å². The highest BCUT2D eigenvalue weighted by atomic mass is 35.5. The third kappa shape index (κ3) is 2.85. The molecule has 1 atom stereocenters. The van der Waals surface area contributed by atoms with Crippen LogP contribution in [0, 0.1) is 0 Å². The topological polar surface area (TPSA) is 62.5 Å². The molecule has 6 heteroatoms. The summed E-state index contributed by atoms with van der Waals surface area (Å²) in [6, 6.07) is 0.742. The Morgan fingerprint density at radius 3 is 2.39 bits per heavy atom. The van der Waals surface area contributed by atoms with Crippen molar-refractivity contribution in [3.8, 4) is 0 Å². The highest BCUT2D eigenvalue weighted by Gasteiger charge is 2.25. The van der Waals surface area contributed by atoms with E-state index in [4.69, 9.17) is 16.7 Å². The lowest BCUT2D eigenvalue weighted by molar-refractivity contribution is -0.141. The second-order valence-electron chi connectivity index (χ2n) is 4.47. The van der Waals surface area contributed by atoms with Crippen LogP contribution < -0.4 is 0 Å². The third-order valence-corrected chi connectivity index (χ3v) is 3.06. The number of halogens is 1. The molecule has 1 aromatic rings. The molecule has 0 saturated carbocycles. The van der Waals surface area contributed by atoms with Crippen LogP contribution in [-0.4, -0.2) is 39.5 Å². The van der Waals surface area contributed by atoms with Crippen molar-refractivity contribution in [1.29, 1.82) is 0 Å². The van der Waals surface area contributed by atoms with E-state index in [0.29, 0.717) is 10.7 Å². The van der Waals surface area contributed by atoms with Crippen LogP contribution in [0.3, 0.4) is 0 Å². The Labute approximate surface area is 111 Å². The Bertz CT molecular complexity index is 468. The molecule has 0 aliphatic rings. The Balaban J connectivity index is 3.07. The number of carbonyl (C=O) groups is 2. The fraction of sp³-hybridized carbons (Fsp3) is 0.500. The first-order valence-corrected chi connectivity index (χ1v) is 6.00. The SMILES string of the molecule is CC(C(=O)O)N(C)C(=O)c1cc(Cl)cn1C(C)C. The maximum atomic E-state index is 12.2. The van der Waals surface area contributed by atoms with E-state index in [1.54, 1.807) is 16.8 Å². The average Bonchev–Trinajstić information content (AvgIpc) is 2.68. The maximum absolute atomic E-state index is 12.2.